The molecule has 3 N–H and O–H groups in total. The van der Waals surface area contributed by atoms with Gasteiger partial charge in [-0.2, -0.15) is 0 Å². The highest BCUT2D eigenvalue weighted by atomic mass is 16.8. The van der Waals surface area contributed by atoms with Crippen molar-refractivity contribution in [3.63, 3.8) is 0 Å². The zero-order valence-electron chi connectivity index (χ0n) is 22.8. The SMILES string of the molecule is C[C@H]([C@H](CCc1ccccc1)c1ccc(Oc2ccccc2)cc1)N(CC(=O)O)C(=O)C1(C(=O)O)OC[C@@H](C(=O)O)O1. The first-order valence-electron chi connectivity index (χ1n) is 13.3. The number of nitrogens with zero attached hydrogens (tertiary/aromatic N) is 1. The Kier molecular flexibility index (Phi) is 9.56. The van der Waals surface area contributed by atoms with Gasteiger partial charge < -0.3 is 34.4 Å². The summed E-state index contributed by atoms with van der Waals surface area (Å²) in [4.78, 5) is 50.2. The molecule has 11 nitrogen and oxygen atoms in total. The molecule has 0 radical (unpaired) electrons. The van der Waals surface area contributed by atoms with Crippen LogP contribution < -0.4 is 4.74 Å². The van der Waals surface area contributed by atoms with Crippen LogP contribution in [0.2, 0.25) is 0 Å². The summed E-state index contributed by atoms with van der Waals surface area (Å²) in [5.41, 5.74) is 1.77. The first kappa shape index (κ1) is 30.2. The number of aliphatic carboxylic acids is 3. The quantitative estimate of drug-likeness (QED) is 0.255. The summed E-state index contributed by atoms with van der Waals surface area (Å²) in [5.74, 6) is -8.34. The summed E-state index contributed by atoms with van der Waals surface area (Å²) in [6.07, 6.45) is -0.670. The Morgan fingerprint density at radius 1 is 0.905 bits per heavy atom. The average molecular weight is 578 g/mol. The van der Waals surface area contributed by atoms with Crippen LogP contribution in [0.25, 0.3) is 0 Å². The standard InChI is InChI=1S/C31H31NO10/c1-20(32(18-27(33)34)29(37)31(30(38)39)40-19-26(42-31)28(35)36)25(17-12-21-8-4-2-5-9-21)22-13-15-24(16-14-22)41-23-10-6-3-7-11-23/h2-11,13-16,20,25-26H,12,17-19H2,1H3,(H,33,34)(H,35,36)(H,38,39)/t20-,25+,26+,31?/m1/s1. The second kappa shape index (κ2) is 13.3. The van der Waals surface area contributed by atoms with Crippen LogP contribution in [0.5, 0.6) is 11.5 Å². The molecule has 1 saturated heterocycles. The molecule has 1 aliphatic heterocycles. The number of hydrogen-bond acceptors (Lipinski definition) is 7. The van der Waals surface area contributed by atoms with Gasteiger partial charge >= 0.3 is 23.7 Å². The molecule has 220 valence electrons. The molecule has 3 aromatic rings. The summed E-state index contributed by atoms with van der Waals surface area (Å²) in [6, 6.07) is 25.0. The van der Waals surface area contributed by atoms with E-state index in [1.807, 2.05) is 72.8 Å². The van der Waals surface area contributed by atoms with Crippen molar-refractivity contribution in [3.8, 4) is 11.5 Å². The fourth-order valence-corrected chi connectivity index (χ4v) is 4.91. The van der Waals surface area contributed by atoms with E-state index in [0.29, 0.717) is 24.3 Å². The minimum Gasteiger partial charge on any atom is -0.480 e. The summed E-state index contributed by atoms with van der Waals surface area (Å²) >= 11 is 0. The summed E-state index contributed by atoms with van der Waals surface area (Å²) in [7, 11) is 0. The molecule has 1 heterocycles. The lowest BCUT2D eigenvalue weighted by Crippen LogP contribution is -2.59. The Labute approximate surface area is 241 Å². The zero-order chi connectivity index (χ0) is 30.3. The van der Waals surface area contributed by atoms with Crippen molar-refractivity contribution >= 4 is 23.8 Å². The van der Waals surface area contributed by atoms with Gasteiger partial charge in [0.25, 0.3) is 5.91 Å². The molecule has 1 aliphatic rings. The van der Waals surface area contributed by atoms with Gasteiger partial charge in [0.05, 0.1) is 6.61 Å². The van der Waals surface area contributed by atoms with Gasteiger partial charge in [0.1, 0.15) is 18.0 Å². The van der Waals surface area contributed by atoms with Crippen LogP contribution >= 0.6 is 0 Å². The number of rotatable bonds is 13. The van der Waals surface area contributed by atoms with E-state index in [4.69, 9.17) is 14.2 Å². The third-order valence-electron chi connectivity index (χ3n) is 7.10. The molecule has 0 bridgehead atoms. The van der Waals surface area contributed by atoms with Crippen molar-refractivity contribution in [2.24, 2.45) is 0 Å². The van der Waals surface area contributed by atoms with Crippen molar-refractivity contribution in [1.29, 1.82) is 0 Å². The average Bonchev–Trinajstić information content (AvgIpc) is 3.45. The van der Waals surface area contributed by atoms with Crippen molar-refractivity contribution in [2.45, 2.75) is 43.6 Å². The van der Waals surface area contributed by atoms with Crippen LogP contribution in [0.15, 0.2) is 84.9 Å². The molecule has 4 rings (SSSR count). The molecule has 1 fully saturated rings. The van der Waals surface area contributed by atoms with Gasteiger partial charge in [-0.3, -0.25) is 9.59 Å². The highest BCUT2D eigenvalue weighted by Crippen LogP contribution is 2.34. The lowest BCUT2D eigenvalue weighted by molar-refractivity contribution is -0.216. The number of carboxylic acids is 3. The lowest BCUT2D eigenvalue weighted by Gasteiger charge is -2.37. The van der Waals surface area contributed by atoms with Crippen molar-refractivity contribution in [3.05, 3.63) is 96.1 Å². The zero-order valence-corrected chi connectivity index (χ0v) is 22.8. The monoisotopic (exact) mass is 577 g/mol. The van der Waals surface area contributed by atoms with Gasteiger partial charge in [-0.25, -0.2) is 9.59 Å². The van der Waals surface area contributed by atoms with E-state index in [9.17, 15) is 34.5 Å². The van der Waals surface area contributed by atoms with Crippen molar-refractivity contribution in [2.75, 3.05) is 13.2 Å². The van der Waals surface area contributed by atoms with E-state index in [0.717, 1.165) is 16.0 Å². The summed E-state index contributed by atoms with van der Waals surface area (Å²) in [6.45, 7) is 0.0591. The van der Waals surface area contributed by atoms with E-state index >= 15 is 0 Å². The maximum absolute atomic E-state index is 13.7. The number of carboxylic acid groups (broad SMARTS) is 3. The topological polar surface area (TPSA) is 160 Å². The lowest BCUT2D eigenvalue weighted by atomic mass is 9.85. The Morgan fingerprint density at radius 2 is 1.50 bits per heavy atom. The molecule has 11 heteroatoms. The molecule has 1 amide bonds. The number of para-hydroxylation sites is 1. The van der Waals surface area contributed by atoms with Gasteiger partial charge in [0.2, 0.25) is 0 Å². The first-order valence-corrected chi connectivity index (χ1v) is 13.3. The Bertz CT molecular complexity index is 1400. The predicted molar refractivity (Wildman–Crippen MR) is 148 cm³/mol. The number of carbonyl (C=O) groups is 4. The maximum Gasteiger partial charge on any atom is 0.375 e. The number of carbonyl (C=O) groups excluding carboxylic acids is 1. The van der Waals surface area contributed by atoms with Crippen LogP contribution in [0.3, 0.4) is 0 Å². The predicted octanol–water partition coefficient (Wildman–Crippen LogP) is 3.78. The Balaban J connectivity index is 1.67. The molecule has 0 aromatic heterocycles. The van der Waals surface area contributed by atoms with Crippen molar-refractivity contribution in [1.82, 2.24) is 4.90 Å². The van der Waals surface area contributed by atoms with E-state index in [2.05, 4.69) is 0 Å². The molecule has 0 aliphatic carbocycles. The van der Waals surface area contributed by atoms with Gasteiger partial charge in [-0.05, 0) is 55.2 Å². The number of ether oxygens (including phenoxy) is 3. The fourth-order valence-electron chi connectivity index (χ4n) is 4.91. The van der Waals surface area contributed by atoms with E-state index in [1.54, 1.807) is 19.1 Å². The van der Waals surface area contributed by atoms with Gasteiger partial charge in [0.15, 0.2) is 6.10 Å². The Morgan fingerprint density at radius 3 is 2.05 bits per heavy atom. The molecule has 1 unspecified atom stereocenters. The van der Waals surface area contributed by atoms with E-state index < -0.39 is 60.8 Å². The number of benzene rings is 3. The number of hydrogen-bond donors (Lipinski definition) is 3. The van der Waals surface area contributed by atoms with E-state index in [-0.39, 0.29) is 0 Å². The summed E-state index contributed by atoms with van der Waals surface area (Å²) in [5, 5.41) is 28.9. The summed E-state index contributed by atoms with van der Waals surface area (Å²) < 4.78 is 16.1. The van der Waals surface area contributed by atoms with E-state index in [1.165, 1.54) is 0 Å². The molecule has 3 aromatic carbocycles. The second-order valence-corrected chi connectivity index (χ2v) is 9.86. The van der Waals surface area contributed by atoms with Crippen LogP contribution in [-0.2, 0) is 35.1 Å². The van der Waals surface area contributed by atoms with Crippen LogP contribution in [-0.4, -0.2) is 75.1 Å². The molecular weight excluding hydrogens is 546 g/mol. The third kappa shape index (κ3) is 6.93. The minimum atomic E-state index is -3.00. The van der Waals surface area contributed by atoms with Crippen LogP contribution in [0.1, 0.15) is 30.4 Å². The van der Waals surface area contributed by atoms with Crippen LogP contribution in [0.4, 0.5) is 0 Å². The highest BCUT2D eigenvalue weighted by Gasteiger charge is 2.59. The normalized spacial score (nSPS) is 19.4. The highest BCUT2D eigenvalue weighted by molar-refractivity contribution is 6.05. The molecule has 42 heavy (non-hydrogen) atoms. The third-order valence-corrected chi connectivity index (χ3v) is 7.10. The molecule has 4 atom stereocenters. The molecule has 0 saturated carbocycles. The molecule has 0 spiro atoms. The first-order chi connectivity index (χ1) is 20.1. The van der Waals surface area contributed by atoms with Gasteiger partial charge in [-0.15, -0.1) is 0 Å². The number of aryl methyl sites for hydroxylation is 1. The maximum atomic E-state index is 13.7. The number of amides is 1. The largest absolute Gasteiger partial charge is 0.480 e. The van der Waals surface area contributed by atoms with Crippen molar-refractivity contribution < 1.29 is 48.7 Å². The Hall–Kier alpha value is -4.74. The minimum absolute atomic E-state index is 0.465. The molecular formula is C31H31NO10. The van der Waals surface area contributed by atoms with Gasteiger partial charge in [0, 0.05) is 12.0 Å². The smallest absolute Gasteiger partial charge is 0.375 e. The van der Waals surface area contributed by atoms with Crippen LogP contribution in [0, 0.1) is 0 Å². The fraction of sp³-hybridized carbons (Fsp3) is 0.290. The van der Waals surface area contributed by atoms with Gasteiger partial charge in [-0.1, -0.05) is 60.7 Å². The second-order valence-electron chi connectivity index (χ2n) is 9.86.